The summed E-state index contributed by atoms with van der Waals surface area (Å²) in [5.74, 6) is 0.0396. The zero-order valence-electron chi connectivity index (χ0n) is 11.5. The Morgan fingerprint density at radius 2 is 2.30 bits per heavy atom. The standard InChI is InChI=1S/C14H18N4OS/c1-10(12-6-4-8-20-12)18(2)9-11-5-3-7-16-13(11)14(15)17-19/h3-8,10,19H,9H2,1-2H3,(H2,15,17). The molecule has 0 aliphatic heterocycles. The Bertz CT molecular complexity index is 583. The van der Waals surface area contributed by atoms with Crippen LogP contribution in [0.25, 0.3) is 0 Å². The zero-order valence-corrected chi connectivity index (χ0v) is 12.3. The first-order valence-electron chi connectivity index (χ1n) is 6.29. The van der Waals surface area contributed by atoms with Crippen molar-refractivity contribution in [3.05, 3.63) is 52.0 Å². The van der Waals surface area contributed by atoms with Crippen LogP contribution in [0.4, 0.5) is 0 Å². The Morgan fingerprint density at radius 3 is 2.95 bits per heavy atom. The highest BCUT2D eigenvalue weighted by atomic mass is 32.1. The third kappa shape index (κ3) is 3.15. The molecule has 0 amide bonds. The molecule has 0 fully saturated rings. The number of thiophene rings is 1. The summed E-state index contributed by atoms with van der Waals surface area (Å²) in [5, 5.41) is 13.9. The van der Waals surface area contributed by atoms with E-state index in [2.05, 4.69) is 39.5 Å². The Hall–Kier alpha value is -1.92. The van der Waals surface area contributed by atoms with Crippen LogP contribution >= 0.6 is 11.3 Å². The van der Waals surface area contributed by atoms with E-state index in [1.54, 1.807) is 17.5 Å². The van der Waals surface area contributed by atoms with Crippen LogP contribution in [0.5, 0.6) is 0 Å². The first kappa shape index (κ1) is 14.5. The van der Waals surface area contributed by atoms with Crippen molar-refractivity contribution in [2.75, 3.05) is 7.05 Å². The molecule has 2 aromatic heterocycles. The smallest absolute Gasteiger partial charge is 0.189 e. The van der Waals surface area contributed by atoms with Crippen LogP contribution in [0.15, 0.2) is 41.0 Å². The van der Waals surface area contributed by atoms with Gasteiger partial charge in [0.25, 0.3) is 0 Å². The van der Waals surface area contributed by atoms with Crippen LogP contribution in [-0.2, 0) is 6.54 Å². The summed E-state index contributed by atoms with van der Waals surface area (Å²) >= 11 is 1.74. The molecule has 2 heterocycles. The van der Waals surface area contributed by atoms with E-state index in [0.717, 1.165) is 5.56 Å². The van der Waals surface area contributed by atoms with E-state index < -0.39 is 0 Å². The second kappa shape index (κ2) is 6.49. The lowest BCUT2D eigenvalue weighted by molar-refractivity contribution is 0.256. The first-order chi connectivity index (χ1) is 9.63. The van der Waals surface area contributed by atoms with Crippen molar-refractivity contribution in [2.45, 2.75) is 19.5 Å². The molecule has 0 aromatic carbocycles. The number of oxime groups is 1. The molecule has 0 aliphatic rings. The molecule has 5 nitrogen and oxygen atoms in total. The Balaban J connectivity index is 2.18. The molecule has 106 valence electrons. The predicted octanol–water partition coefficient (Wildman–Crippen LogP) is 2.43. The van der Waals surface area contributed by atoms with E-state index in [9.17, 15) is 0 Å². The van der Waals surface area contributed by atoms with Gasteiger partial charge in [-0.25, -0.2) is 0 Å². The molecule has 2 rings (SSSR count). The van der Waals surface area contributed by atoms with Crippen LogP contribution in [-0.4, -0.2) is 28.0 Å². The predicted molar refractivity (Wildman–Crippen MR) is 80.9 cm³/mol. The fraction of sp³-hybridized carbons (Fsp3) is 0.286. The van der Waals surface area contributed by atoms with Gasteiger partial charge in [-0.05, 0) is 37.0 Å². The topological polar surface area (TPSA) is 74.7 Å². The highest BCUT2D eigenvalue weighted by Gasteiger charge is 2.16. The maximum Gasteiger partial charge on any atom is 0.189 e. The third-order valence-electron chi connectivity index (χ3n) is 3.28. The largest absolute Gasteiger partial charge is 0.409 e. The van der Waals surface area contributed by atoms with E-state index in [1.807, 2.05) is 19.2 Å². The molecular weight excluding hydrogens is 272 g/mol. The summed E-state index contributed by atoms with van der Waals surface area (Å²) in [4.78, 5) is 7.70. The Kier molecular flexibility index (Phi) is 4.70. The monoisotopic (exact) mass is 290 g/mol. The zero-order chi connectivity index (χ0) is 14.5. The highest BCUT2D eigenvalue weighted by molar-refractivity contribution is 7.10. The lowest BCUT2D eigenvalue weighted by Crippen LogP contribution is -2.24. The lowest BCUT2D eigenvalue weighted by Gasteiger charge is -2.24. The number of amidine groups is 1. The number of hydrogen-bond donors (Lipinski definition) is 2. The van der Waals surface area contributed by atoms with Crippen molar-refractivity contribution in [1.82, 2.24) is 9.88 Å². The maximum absolute atomic E-state index is 8.82. The summed E-state index contributed by atoms with van der Waals surface area (Å²) in [5.41, 5.74) is 7.13. The minimum Gasteiger partial charge on any atom is -0.409 e. The van der Waals surface area contributed by atoms with E-state index in [-0.39, 0.29) is 5.84 Å². The quantitative estimate of drug-likeness (QED) is 0.384. The van der Waals surface area contributed by atoms with E-state index in [1.165, 1.54) is 4.88 Å². The number of nitrogens with zero attached hydrogens (tertiary/aromatic N) is 3. The maximum atomic E-state index is 8.82. The minimum absolute atomic E-state index is 0.0396. The molecule has 2 aromatic rings. The minimum atomic E-state index is 0.0396. The van der Waals surface area contributed by atoms with Gasteiger partial charge in [0.15, 0.2) is 5.84 Å². The third-order valence-corrected chi connectivity index (χ3v) is 4.32. The van der Waals surface area contributed by atoms with Crippen molar-refractivity contribution in [2.24, 2.45) is 10.9 Å². The highest BCUT2D eigenvalue weighted by Crippen LogP contribution is 2.25. The van der Waals surface area contributed by atoms with Crippen LogP contribution in [0, 0.1) is 0 Å². The Morgan fingerprint density at radius 1 is 1.50 bits per heavy atom. The molecule has 6 heteroatoms. The molecule has 0 bridgehead atoms. The molecule has 1 atom stereocenters. The van der Waals surface area contributed by atoms with E-state index in [0.29, 0.717) is 18.3 Å². The normalized spacial score (nSPS) is 13.7. The van der Waals surface area contributed by atoms with Crippen LogP contribution in [0.1, 0.15) is 29.1 Å². The summed E-state index contributed by atoms with van der Waals surface area (Å²) in [6.45, 7) is 2.84. The lowest BCUT2D eigenvalue weighted by atomic mass is 10.1. The van der Waals surface area contributed by atoms with Crippen molar-refractivity contribution >= 4 is 17.2 Å². The summed E-state index contributed by atoms with van der Waals surface area (Å²) in [7, 11) is 2.05. The number of hydrogen-bond acceptors (Lipinski definition) is 5. The second-order valence-electron chi connectivity index (χ2n) is 4.60. The van der Waals surface area contributed by atoms with Crippen LogP contribution in [0.3, 0.4) is 0 Å². The molecule has 0 aliphatic carbocycles. The van der Waals surface area contributed by atoms with Crippen molar-refractivity contribution in [3.63, 3.8) is 0 Å². The fourth-order valence-electron chi connectivity index (χ4n) is 2.00. The van der Waals surface area contributed by atoms with Gasteiger partial charge in [0, 0.05) is 23.7 Å². The Labute approximate surface area is 122 Å². The molecule has 0 radical (unpaired) electrons. The molecule has 0 spiro atoms. The van der Waals surface area contributed by atoms with E-state index in [4.69, 9.17) is 10.9 Å². The summed E-state index contributed by atoms with van der Waals surface area (Å²) in [6.07, 6.45) is 1.64. The number of nitrogens with two attached hydrogens (primary N) is 1. The van der Waals surface area contributed by atoms with Gasteiger partial charge in [-0.2, -0.15) is 0 Å². The number of aromatic nitrogens is 1. The fourth-order valence-corrected chi connectivity index (χ4v) is 2.84. The van der Waals surface area contributed by atoms with Crippen molar-refractivity contribution in [3.8, 4) is 0 Å². The SMILES string of the molecule is CC(c1cccs1)N(C)Cc1cccnc1C(N)=NO. The molecule has 3 N–H and O–H groups in total. The number of pyridine rings is 1. The van der Waals surface area contributed by atoms with E-state index >= 15 is 0 Å². The molecular formula is C14H18N4OS. The van der Waals surface area contributed by atoms with Gasteiger partial charge in [-0.3, -0.25) is 9.88 Å². The molecule has 1 unspecified atom stereocenters. The average Bonchev–Trinajstić information content (AvgIpc) is 3.00. The van der Waals surface area contributed by atoms with Gasteiger partial charge < -0.3 is 10.9 Å². The van der Waals surface area contributed by atoms with Gasteiger partial charge in [0.05, 0.1) is 0 Å². The molecule has 20 heavy (non-hydrogen) atoms. The molecule has 0 saturated carbocycles. The summed E-state index contributed by atoms with van der Waals surface area (Å²) < 4.78 is 0. The second-order valence-corrected chi connectivity index (χ2v) is 5.58. The van der Waals surface area contributed by atoms with Crippen molar-refractivity contribution in [1.29, 1.82) is 0 Å². The number of rotatable bonds is 5. The van der Waals surface area contributed by atoms with Crippen LogP contribution in [0.2, 0.25) is 0 Å². The van der Waals surface area contributed by atoms with Gasteiger partial charge >= 0.3 is 0 Å². The molecule has 0 saturated heterocycles. The van der Waals surface area contributed by atoms with Crippen LogP contribution < -0.4 is 5.73 Å². The van der Waals surface area contributed by atoms with Gasteiger partial charge in [-0.15, -0.1) is 11.3 Å². The summed E-state index contributed by atoms with van der Waals surface area (Å²) in [6, 6.07) is 8.27. The van der Waals surface area contributed by atoms with Gasteiger partial charge in [0.2, 0.25) is 0 Å². The average molecular weight is 290 g/mol. The van der Waals surface area contributed by atoms with Crippen molar-refractivity contribution < 1.29 is 5.21 Å². The van der Waals surface area contributed by atoms with Gasteiger partial charge in [0.1, 0.15) is 5.69 Å². The first-order valence-corrected chi connectivity index (χ1v) is 7.17. The van der Waals surface area contributed by atoms with Gasteiger partial charge in [-0.1, -0.05) is 17.3 Å².